The van der Waals surface area contributed by atoms with E-state index >= 15 is 0 Å². The van der Waals surface area contributed by atoms with Crippen LogP contribution in [-0.2, 0) is 4.74 Å². The van der Waals surface area contributed by atoms with Crippen LogP contribution in [0.15, 0.2) is 55.0 Å². The highest BCUT2D eigenvalue weighted by Crippen LogP contribution is 2.34. The van der Waals surface area contributed by atoms with Gasteiger partial charge in [0.05, 0.1) is 13.2 Å². The van der Waals surface area contributed by atoms with E-state index in [-0.39, 0.29) is 17.6 Å². The lowest BCUT2D eigenvalue weighted by molar-refractivity contribution is 0.0711. The highest BCUT2D eigenvalue weighted by atomic mass is 19.1. The second-order valence-corrected chi connectivity index (χ2v) is 8.37. The number of pyridine rings is 1. The summed E-state index contributed by atoms with van der Waals surface area (Å²) in [5.41, 5.74) is 1.38. The highest BCUT2D eigenvalue weighted by molar-refractivity contribution is 5.95. The molecule has 0 unspecified atom stereocenters. The largest absolute Gasteiger partial charge is 0.437 e. The molecule has 0 atom stereocenters. The summed E-state index contributed by atoms with van der Waals surface area (Å²) in [4.78, 5) is 30.5. The number of carbonyl (C=O) groups excluding carboxylic acids is 1. The van der Waals surface area contributed by atoms with Gasteiger partial charge in [-0.2, -0.15) is 0 Å². The van der Waals surface area contributed by atoms with Crippen LogP contribution in [0.4, 0.5) is 10.2 Å². The molecule has 2 fully saturated rings. The van der Waals surface area contributed by atoms with Gasteiger partial charge in [0.1, 0.15) is 23.1 Å². The predicted molar refractivity (Wildman–Crippen MR) is 124 cm³/mol. The number of hydrogen-bond donors (Lipinski definition) is 0. The van der Waals surface area contributed by atoms with Crippen LogP contribution < -0.4 is 9.64 Å². The summed E-state index contributed by atoms with van der Waals surface area (Å²) in [6, 6.07) is 9.60. The number of morpholine rings is 1. The first-order chi connectivity index (χ1) is 16.7. The molecule has 1 amide bonds. The molecule has 1 aromatic carbocycles. The zero-order valence-electron chi connectivity index (χ0n) is 18.8. The van der Waals surface area contributed by atoms with E-state index in [9.17, 15) is 9.18 Å². The molecule has 0 N–H and O–H groups in total. The predicted octanol–water partition coefficient (Wildman–Crippen LogP) is 3.66. The van der Waals surface area contributed by atoms with Gasteiger partial charge < -0.3 is 19.3 Å². The molecule has 34 heavy (non-hydrogen) atoms. The maximum atomic E-state index is 13.5. The normalized spacial score (nSPS) is 17.0. The van der Waals surface area contributed by atoms with Gasteiger partial charge in [-0.25, -0.2) is 14.4 Å². The Morgan fingerprint density at radius 3 is 2.56 bits per heavy atom. The number of likely N-dealkylation sites (tertiary alicyclic amines) is 1. The summed E-state index contributed by atoms with van der Waals surface area (Å²) in [6.45, 7) is 4.09. The second kappa shape index (κ2) is 10.1. The average Bonchev–Trinajstić information content (AvgIpc) is 2.89. The molecule has 2 aliphatic heterocycles. The van der Waals surface area contributed by atoms with E-state index in [0.29, 0.717) is 43.5 Å². The van der Waals surface area contributed by atoms with Crippen LogP contribution in [0.5, 0.6) is 11.6 Å². The van der Waals surface area contributed by atoms with Gasteiger partial charge in [-0.05, 0) is 37.1 Å². The number of hydrogen-bond acceptors (Lipinski definition) is 7. The molecule has 0 radical (unpaired) electrons. The van der Waals surface area contributed by atoms with Crippen molar-refractivity contribution in [2.45, 2.75) is 18.8 Å². The third-order valence-corrected chi connectivity index (χ3v) is 6.20. The van der Waals surface area contributed by atoms with Crippen molar-refractivity contribution in [1.82, 2.24) is 19.9 Å². The Morgan fingerprint density at radius 1 is 0.971 bits per heavy atom. The summed E-state index contributed by atoms with van der Waals surface area (Å²) >= 11 is 0. The Morgan fingerprint density at radius 2 is 1.76 bits per heavy atom. The van der Waals surface area contributed by atoms with E-state index in [0.717, 1.165) is 37.4 Å². The lowest BCUT2D eigenvalue weighted by Gasteiger charge is -2.32. The molecular formula is C25H26FN5O3. The van der Waals surface area contributed by atoms with Crippen molar-refractivity contribution in [2.75, 3.05) is 44.3 Å². The number of aromatic nitrogens is 3. The fourth-order valence-corrected chi connectivity index (χ4v) is 4.39. The van der Waals surface area contributed by atoms with Crippen molar-refractivity contribution < 1.29 is 18.7 Å². The fourth-order valence-electron chi connectivity index (χ4n) is 4.39. The Kier molecular flexibility index (Phi) is 6.62. The SMILES string of the molecule is O=C(c1ccnc(N2CCOCC2)c1)N1CCC(c2nccnc2Oc2cccc(F)c2)CC1. The molecule has 9 heteroatoms. The summed E-state index contributed by atoms with van der Waals surface area (Å²) in [7, 11) is 0. The topological polar surface area (TPSA) is 80.7 Å². The van der Waals surface area contributed by atoms with E-state index in [2.05, 4.69) is 19.9 Å². The molecule has 8 nitrogen and oxygen atoms in total. The van der Waals surface area contributed by atoms with Crippen LogP contribution >= 0.6 is 0 Å². The highest BCUT2D eigenvalue weighted by Gasteiger charge is 2.28. The Balaban J connectivity index is 1.24. The standard InChI is InChI=1S/C25H26FN5O3/c26-20-2-1-3-21(17-20)34-24-23(28-8-9-29-24)18-5-10-31(11-6-18)25(32)19-4-7-27-22(16-19)30-12-14-33-15-13-30/h1-4,7-9,16-18H,5-6,10-15H2. The molecule has 5 rings (SSSR count). The molecular weight excluding hydrogens is 437 g/mol. The summed E-state index contributed by atoms with van der Waals surface area (Å²) < 4.78 is 24.8. The first-order valence-corrected chi connectivity index (χ1v) is 11.5. The first kappa shape index (κ1) is 22.2. The second-order valence-electron chi connectivity index (χ2n) is 8.37. The van der Waals surface area contributed by atoms with Crippen molar-refractivity contribution in [3.05, 3.63) is 72.1 Å². The van der Waals surface area contributed by atoms with Gasteiger partial charge in [0.25, 0.3) is 5.91 Å². The van der Waals surface area contributed by atoms with Gasteiger partial charge in [-0.15, -0.1) is 0 Å². The van der Waals surface area contributed by atoms with Crippen LogP contribution in [0.1, 0.15) is 34.8 Å². The number of ether oxygens (including phenoxy) is 2. The summed E-state index contributed by atoms with van der Waals surface area (Å²) in [6.07, 6.45) is 6.37. The molecule has 0 aliphatic carbocycles. The smallest absolute Gasteiger partial charge is 0.254 e. The van der Waals surface area contributed by atoms with Crippen LogP contribution in [-0.4, -0.2) is 65.2 Å². The number of anilines is 1. The number of piperidine rings is 1. The van der Waals surface area contributed by atoms with E-state index in [1.54, 1.807) is 36.8 Å². The lowest BCUT2D eigenvalue weighted by atomic mass is 9.93. The van der Waals surface area contributed by atoms with Crippen molar-refractivity contribution >= 4 is 11.7 Å². The van der Waals surface area contributed by atoms with Crippen molar-refractivity contribution in [3.63, 3.8) is 0 Å². The van der Waals surface area contributed by atoms with Gasteiger partial charge in [0, 0.05) is 62.3 Å². The first-order valence-electron chi connectivity index (χ1n) is 11.5. The third kappa shape index (κ3) is 4.99. The fraction of sp³-hybridized carbons (Fsp3) is 0.360. The number of carbonyl (C=O) groups is 1. The van der Waals surface area contributed by atoms with Gasteiger partial charge >= 0.3 is 0 Å². The van der Waals surface area contributed by atoms with Crippen molar-refractivity contribution in [1.29, 1.82) is 0 Å². The Bertz CT molecular complexity index is 1150. The van der Waals surface area contributed by atoms with Gasteiger partial charge in [-0.3, -0.25) is 9.78 Å². The van der Waals surface area contributed by atoms with E-state index in [4.69, 9.17) is 9.47 Å². The maximum absolute atomic E-state index is 13.5. The average molecular weight is 464 g/mol. The van der Waals surface area contributed by atoms with Crippen LogP contribution in [0.2, 0.25) is 0 Å². The Hall–Kier alpha value is -3.59. The molecule has 3 aromatic rings. The zero-order chi connectivity index (χ0) is 23.3. The summed E-state index contributed by atoms with van der Waals surface area (Å²) in [5.74, 6) is 1.30. The van der Waals surface area contributed by atoms with Gasteiger partial charge in [0.2, 0.25) is 5.88 Å². The number of rotatable bonds is 5. The molecule has 0 spiro atoms. The lowest BCUT2D eigenvalue weighted by Crippen LogP contribution is -2.39. The summed E-state index contributed by atoms with van der Waals surface area (Å²) in [5, 5.41) is 0. The van der Waals surface area contributed by atoms with Gasteiger partial charge in [0.15, 0.2) is 0 Å². The molecule has 2 saturated heterocycles. The number of nitrogens with zero attached hydrogens (tertiary/aromatic N) is 5. The van der Waals surface area contributed by atoms with Crippen LogP contribution in [0, 0.1) is 5.82 Å². The van der Waals surface area contributed by atoms with E-state index in [1.165, 1.54) is 12.1 Å². The van der Waals surface area contributed by atoms with Crippen molar-refractivity contribution in [2.24, 2.45) is 0 Å². The molecule has 2 aromatic heterocycles. The molecule has 2 aliphatic rings. The minimum Gasteiger partial charge on any atom is -0.437 e. The van der Waals surface area contributed by atoms with Crippen LogP contribution in [0.25, 0.3) is 0 Å². The Labute approximate surface area is 197 Å². The molecule has 176 valence electrons. The van der Waals surface area contributed by atoms with E-state index in [1.807, 2.05) is 11.0 Å². The van der Waals surface area contributed by atoms with Crippen molar-refractivity contribution in [3.8, 4) is 11.6 Å². The maximum Gasteiger partial charge on any atom is 0.254 e. The minimum atomic E-state index is -0.373. The van der Waals surface area contributed by atoms with E-state index < -0.39 is 0 Å². The number of benzene rings is 1. The quantitative estimate of drug-likeness (QED) is 0.571. The molecule has 4 heterocycles. The molecule has 0 bridgehead atoms. The number of amides is 1. The third-order valence-electron chi connectivity index (χ3n) is 6.20. The minimum absolute atomic E-state index is 0.00531. The number of halogens is 1. The molecule has 0 saturated carbocycles. The monoisotopic (exact) mass is 463 g/mol. The zero-order valence-corrected chi connectivity index (χ0v) is 18.8. The van der Waals surface area contributed by atoms with Gasteiger partial charge in [-0.1, -0.05) is 6.07 Å². The van der Waals surface area contributed by atoms with Crippen LogP contribution in [0.3, 0.4) is 0 Å².